The molecule has 0 aliphatic rings. The fourth-order valence-corrected chi connectivity index (χ4v) is 8.49. The van der Waals surface area contributed by atoms with E-state index in [1.165, 1.54) is 14.8 Å². The van der Waals surface area contributed by atoms with E-state index in [9.17, 15) is 0 Å². The van der Waals surface area contributed by atoms with Crippen molar-refractivity contribution in [3.63, 3.8) is 0 Å². The molecule has 0 amide bonds. The Morgan fingerprint density at radius 3 is 1.94 bits per heavy atom. The molecular formula is C45H25N3O2S. The number of nitrogens with zero attached hydrogens (tertiary/aromatic N) is 3. The molecule has 0 spiro atoms. The first-order valence-electron chi connectivity index (χ1n) is 16.8. The summed E-state index contributed by atoms with van der Waals surface area (Å²) in [5.74, 6) is 1.81. The van der Waals surface area contributed by atoms with Gasteiger partial charge in [-0.3, -0.25) is 0 Å². The highest BCUT2D eigenvalue weighted by molar-refractivity contribution is 7.25. The lowest BCUT2D eigenvalue weighted by Gasteiger charge is -2.10. The van der Waals surface area contributed by atoms with Gasteiger partial charge in [-0.2, -0.15) is 0 Å². The van der Waals surface area contributed by atoms with Gasteiger partial charge in [0.1, 0.15) is 22.3 Å². The van der Waals surface area contributed by atoms with E-state index in [4.69, 9.17) is 23.8 Å². The summed E-state index contributed by atoms with van der Waals surface area (Å²) in [4.78, 5) is 15.3. The van der Waals surface area contributed by atoms with E-state index in [2.05, 4.69) is 91.0 Å². The van der Waals surface area contributed by atoms with Crippen LogP contribution < -0.4 is 0 Å². The molecule has 11 rings (SSSR count). The summed E-state index contributed by atoms with van der Waals surface area (Å²) in [6.07, 6.45) is 0. The fourth-order valence-electron chi connectivity index (χ4n) is 7.35. The largest absolute Gasteiger partial charge is 0.456 e. The minimum absolute atomic E-state index is 0.567. The Labute approximate surface area is 295 Å². The summed E-state index contributed by atoms with van der Waals surface area (Å²) in [7, 11) is 0. The smallest absolute Gasteiger partial charge is 0.167 e. The van der Waals surface area contributed by atoms with E-state index in [-0.39, 0.29) is 0 Å². The highest BCUT2D eigenvalue weighted by atomic mass is 32.1. The summed E-state index contributed by atoms with van der Waals surface area (Å²) in [5.41, 5.74) is 8.21. The van der Waals surface area contributed by atoms with Crippen LogP contribution in [0.3, 0.4) is 0 Å². The lowest BCUT2D eigenvalue weighted by Crippen LogP contribution is -2.00. The first kappa shape index (κ1) is 28.2. The molecule has 0 bridgehead atoms. The molecule has 0 saturated carbocycles. The monoisotopic (exact) mass is 671 g/mol. The van der Waals surface area contributed by atoms with Crippen LogP contribution in [0.4, 0.5) is 0 Å². The summed E-state index contributed by atoms with van der Waals surface area (Å²) >= 11 is 1.79. The molecule has 4 heterocycles. The van der Waals surface area contributed by atoms with Crippen molar-refractivity contribution in [2.45, 2.75) is 0 Å². The molecule has 238 valence electrons. The second kappa shape index (κ2) is 10.9. The molecule has 7 aromatic carbocycles. The summed E-state index contributed by atoms with van der Waals surface area (Å²) in [6.45, 7) is 0. The maximum atomic E-state index is 6.73. The van der Waals surface area contributed by atoms with Gasteiger partial charge >= 0.3 is 0 Å². The second-order valence-electron chi connectivity index (χ2n) is 12.8. The number of rotatable bonds is 4. The minimum Gasteiger partial charge on any atom is -0.456 e. The summed E-state index contributed by atoms with van der Waals surface area (Å²) < 4.78 is 15.3. The summed E-state index contributed by atoms with van der Waals surface area (Å²) in [5, 5.41) is 6.62. The van der Waals surface area contributed by atoms with E-state index in [0.29, 0.717) is 17.5 Å². The van der Waals surface area contributed by atoms with Gasteiger partial charge in [0, 0.05) is 52.8 Å². The Hall–Kier alpha value is -6.63. The van der Waals surface area contributed by atoms with Crippen LogP contribution in [0.5, 0.6) is 0 Å². The molecular weight excluding hydrogens is 647 g/mol. The Morgan fingerprint density at radius 2 is 1.02 bits per heavy atom. The van der Waals surface area contributed by atoms with Crippen LogP contribution in [0.25, 0.3) is 109 Å². The van der Waals surface area contributed by atoms with Crippen LogP contribution in [-0.2, 0) is 0 Å². The standard InChI is InChI=1S/C45H25N3O2S/c1-2-10-26(11-3-1)43-46-44(33-15-9-19-40-41(33)32-13-5-7-18-39(32)51-40)48-45(47-43)34-16-8-14-31-30-22-20-28(25-38(30)50-42(31)34)27-21-23-37-35(24-27)29-12-4-6-17-36(29)49-37/h1-25H. The van der Waals surface area contributed by atoms with Gasteiger partial charge in [0.15, 0.2) is 17.5 Å². The topological polar surface area (TPSA) is 65.0 Å². The van der Waals surface area contributed by atoms with Crippen molar-refractivity contribution >= 4 is 75.4 Å². The van der Waals surface area contributed by atoms with Crippen molar-refractivity contribution in [1.82, 2.24) is 15.0 Å². The van der Waals surface area contributed by atoms with E-state index in [1.807, 2.05) is 60.7 Å². The highest BCUT2D eigenvalue weighted by Gasteiger charge is 2.20. The van der Waals surface area contributed by atoms with Gasteiger partial charge in [-0.25, -0.2) is 15.0 Å². The van der Waals surface area contributed by atoms with Crippen LogP contribution in [-0.4, -0.2) is 15.0 Å². The van der Waals surface area contributed by atoms with Crippen LogP contribution in [0.1, 0.15) is 0 Å². The Bertz CT molecular complexity index is 3160. The van der Waals surface area contributed by atoms with Crippen LogP contribution in [0.2, 0.25) is 0 Å². The Morgan fingerprint density at radius 1 is 0.373 bits per heavy atom. The molecule has 0 unspecified atom stereocenters. The van der Waals surface area contributed by atoms with Crippen molar-refractivity contribution in [2.75, 3.05) is 0 Å². The average molecular weight is 672 g/mol. The third-order valence-electron chi connectivity index (χ3n) is 9.76. The van der Waals surface area contributed by atoms with Gasteiger partial charge in [-0.1, -0.05) is 103 Å². The number of furan rings is 2. The van der Waals surface area contributed by atoms with E-state index in [1.54, 1.807) is 11.3 Å². The van der Waals surface area contributed by atoms with Gasteiger partial charge in [0.05, 0.1) is 5.56 Å². The molecule has 5 nitrogen and oxygen atoms in total. The fraction of sp³-hybridized carbons (Fsp3) is 0. The molecule has 4 aromatic heterocycles. The number of benzene rings is 7. The zero-order valence-corrected chi connectivity index (χ0v) is 27.8. The maximum Gasteiger partial charge on any atom is 0.167 e. The first-order valence-corrected chi connectivity index (χ1v) is 17.7. The molecule has 0 aliphatic heterocycles. The summed E-state index contributed by atoms with van der Waals surface area (Å²) in [6, 6.07) is 52.1. The molecule has 0 fully saturated rings. The van der Waals surface area contributed by atoms with Gasteiger partial charge in [-0.05, 0) is 59.7 Å². The molecule has 0 aliphatic carbocycles. The predicted octanol–water partition coefficient (Wildman–Crippen LogP) is 12.7. The third kappa shape index (κ3) is 4.43. The molecule has 0 saturated heterocycles. The zero-order valence-electron chi connectivity index (χ0n) is 27.0. The van der Waals surface area contributed by atoms with Gasteiger partial charge in [0.25, 0.3) is 0 Å². The quantitative estimate of drug-likeness (QED) is 0.186. The van der Waals surface area contributed by atoms with Crippen molar-refractivity contribution in [3.05, 3.63) is 152 Å². The average Bonchev–Trinajstić information content (AvgIpc) is 3.88. The zero-order chi connectivity index (χ0) is 33.5. The number of hydrogen-bond acceptors (Lipinski definition) is 6. The van der Waals surface area contributed by atoms with Gasteiger partial charge in [0.2, 0.25) is 0 Å². The van der Waals surface area contributed by atoms with Crippen molar-refractivity contribution < 1.29 is 8.83 Å². The Balaban J connectivity index is 1.10. The SMILES string of the molecule is c1ccc(-c2nc(-c3cccc4c3oc3cc(-c5ccc6oc7ccccc7c6c5)ccc34)nc(-c3cccc4sc5ccccc5c34)n2)cc1. The number of fused-ring (bicyclic) bond motifs is 9. The van der Waals surface area contributed by atoms with E-state index >= 15 is 0 Å². The lowest BCUT2D eigenvalue weighted by atomic mass is 10.0. The van der Waals surface area contributed by atoms with Crippen molar-refractivity contribution in [2.24, 2.45) is 0 Å². The Kier molecular flexibility index (Phi) is 6.05. The number of para-hydroxylation sites is 2. The van der Waals surface area contributed by atoms with Gasteiger partial charge < -0.3 is 8.83 Å². The normalized spacial score (nSPS) is 11.9. The number of hydrogen-bond donors (Lipinski definition) is 0. The highest BCUT2D eigenvalue weighted by Crippen LogP contribution is 2.41. The van der Waals surface area contributed by atoms with Gasteiger partial charge in [-0.15, -0.1) is 11.3 Å². The number of aromatic nitrogens is 3. The van der Waals surface area contributed by atoms with Crippen LogP contribution in [0, 0.1) is 0 Å². The lowest BCUT2D eigenvalue weighted by molar-refractivity contribution is 0.669. The molecule has 0 atom stereocenters. The third-order valence-corrected chi connectivity index (χ3v) is 10.9. The molecule has 11 aromatic rings. The second-order valence-corrected chi connectivity index (χ2v) is 13.8. The molecule has 0 N–H and O–H groups in total. The first-order chi connectivity index (χ1) is 25.2. The predicted molar refractivity (Wildman–Crippen MR) is 209 cm³/mol. The van der Waals surface area contributed by atoms with Crippen LogP contribution >= 0.6 is 11.3 Å². The van der Waals surface area contributed by atoms with Crippen molar-refractivity contribution in [1.29, 1.82) is 0 Å². The molecule has 0 radical (unpaired) electrons. The molecule has 6 heteroatoms. The molecule has 51 heavy (non-hydrogen) atoms. The number of thiophene rings is 1. The van der Waals surface area contributed by atoms with E-state index in [0.717, 1.165) is 77.1 Å². The maximum absolute atomic E-state index is 6.73. The van der Waals surface area contributed by atoms with E-state index < -0.39 is 0 Å². The van der Waals surface area contributed by atoms with Crippen LogP contribution in [0.15, 0.2) is 160 Å². The van der Waals surface area contributed by atoms with Crippen molar-refractivity contribution in [3.8, 4) is 45.3 Å². The minimum atomic E-state index is 0.567.